The number of rotatable bonds is 4. The van der Waals surface area contributed by atoms with E-state index in [0.717, 1.165) is 11.4 Å². The Balaban J connectivity index is 1.76. The van der Waals surface area contributed by atoms with Crippen LogP contribution in [0.25, 0.3) is 0 Å². The van der Waals surface area contributed by atoms with Crippen LogP contribution in [0.2, 0.25) is 5.02 Å². The molecule has 1 fully saturated rings. The van der Waals surface area contributed by atoms with Gasteiger partial charge in [-0.05, 0) is 48.5 Å². The van der Waals surface area contributed by atoms with Crippen LogP contribution in [0.15, 0.2) is 48.5 Å². The van der Waals surface area contributed by atoms with E-state index in [-0.39, 0.29) is 18.2 Å². The maximum atomic E-state index is 12.5. The molecule has 2 aromatic carbocycles. The summed E-state index contributed by atoms with van der Waals surface area (Å²) in [6.45, 7) is 0. The molecule has 0 radical (unpaired) electrons. The first kappa shape index (κ1) is 15.4. The molecule has 2 amide bonds. The molecule has 1 heterocycles. The topological polar surface area (TPSA) is 58.6 Å². The fourth-order valence-electron chi connectivity index (χ4n) is 2.49. The lowest BCUT2D eigenvalue weighted by molar-refractivity contribution is -0.121. The molecule has 1 unspecified atom stereocenters. The van der Waals surface area contributed by atoms with Gasteiger partial charge in [0.05, 0.1) is 19.2 Å². The van der Waals surface area contributed by atoms with E-state index in [4.69, 9.17) is 16.3 Å². The van der Waals surface area contributed by atoms with Crippen LogP contribution in [-0.2, 0) is 9.59 Å². The molecule has 1 saturated heterocycles. The van der Waals surface area contributed by atoms with Crippen molar-refractivity contribution < 1.29 is 14.3 Å². The molecule has 118 valence electrons. The highest BCUT2D eigenvalue weighted by molar-refractivity contribution is 6.30. The molecule has 1 N–H and O–H groups in total. The molecular formula is C17H15ClN2O3. The van der Waals surface area contributed by atoms with Gasteiger partial charge in [0.25, 0.3) is 5.91 Å². The Hall–Kier alpha value is -2.53. The summed E-state index contributed by atoms with van der Waals surface area (Å²) in [7, 11) is 1.59. The number of hydrogen-bond acceptors (Lipinski definition) is 4. The molecule has 0 aromatic heterocycles. The lowest BCUT2D eigenvalue weighted by Crippen LogP contribution is -2.34. The number of benzene rings is 2. The summed E-state index contributed by atoms with van der Waals surface area (Å²) in [4.78, 5) is 25.9. The van der Waals surface area contributed by atoms with Gasteiger partial charge in [0.2, 0.25) is 5.91 Å². The number of halogens is 1. The molecule has 23 heavy (non-hydrogen) atoms. The molecular weight excluding hydrogens is 316 g/mol. The Bertz CT molecular complexity index is 729. The minimum atomic E-state index is -0.577. The number of nitrogens with one attached hydrogen (secondary N) is 1. The summed E-state index contributed by atoms with van der Waals surface area (Å²) in [5.74, 6) is 0.226. The minimum Gasteiger partial charge on any atom is -0.497 e. The molecule has 0 saturated carbocycles. The summed E-state index contributed by atoms with van der Waals surface area (Å²) in [6.07, 6.45) is 0.119. The van der Waals surface area contributed by atoms with Crippen molar-refractivity contribution in [3.63, 3.8) is 0 Å². The van der Waals surface area contributed by atoms with E-state index in [1.54, 1.807) is 43.5 Å². The normalized spacial score (nSPS) is 17.5. The highest BCUT2D eigenvalue weighted by Gasteiger charge is 2.39. The lowest BCUT2D eigenvalue weighted by Gasteiger charge is -2.16. The molecule has 0 spiro atoms. The van der Waals surface area contributed by atoms with E-state index in [9.17, 15) is 9.59 Å². The maximum absolute atomic E-state index is 12.5. The van der Waals surface area contributed by atoms with Gasteiger partial charge in [0.1, 0.15) is 11.8 Å². The number of nitrogens with zero attached hydrogens (tertiary/aromatic N) is 1. The SMILES string of the molecule is COc1ccc(NC2CC(=O)N(c3ccc(Cl)cc3)C2=O)cc1. The van der Waals surface area contributed by atoms with E-state index in [1.165, 1.54) is 4.90 Å². The second kappa shape index (κ2) is 6.30. The fraction of sp³-hybridized carbons (Fsp3) is 0.176. The third-order valence-electron chi connectivity index (χ3n) is 3.66. The molecule has 0 aliphatic carbocycles. The van der Waals surface area contributed by atoms with Crippen LogP contribution >= 0.6 is 11.6 Å². The molecule has 1 atom stereocenters. The largest absolute Gasteiger partial charge is 0.497 e. The van der Waals surface area contributed by atoms with Gasteiger partial charge in [-0.15, -0.1) is 0 Å². The van der Waals surface area contributed by atoms with Gasteiger partial charge >= 0.3 is 0 Å². The summed E-state index contributed by atoms with van der Waals surface area (Å²) in [6, 6.07) is 13.3. The van der Waals surface area contributed by atoms with Crippen LogP contribution < -0.4 is 15.0 Å². The number of imide groups is 1. The van der Waals surface area contributed by atoms with E-state index >= 15 is 0 Å². The zero-order valence-electron chi connectivity index (χ0n) is 12.5. The standard InChI is InChI=1S/C17H15ClN2O3/c1-23-14-8-4-12(5-9-14)19-15-10-16(21)20(17(15)22)13-6-2-11(18)3-7-13/h2-9,15,19H,10H2,1H3. The van der Waals surface area contributed by atoms with Crippen LogP contribution in [0.1, 0.15) is 6.42 Å². The molecule has 1 aliphatic heterocycles. The van der Waals surface area contributed by atoms with Gasteiger partial charge in [0.15, 0.2) is 0 Å². The molecule has 6 heteroatoms. The van der Waals surface area contributed by atoms with Crippen molar-refractivity contribution in [3.05, 3.63) is 53.6 Å². The zero-order chi connectivity index (χ0) is 16.4. The average molecular weight is 331 g/mol. The van der Waals surface area contributed by atoms with Crippen molar-refractivity contribution in [1.29, 1.82) is 0 Å². The van der Waals surface area contributed by atoms with Crippen LogP contribution in [0.4, 0.5) is 11.4 Å². The van der Waals surface area contributed by atoms with E-state index in [1.807, 2.05) is 12.1 Å². The molecule has 0 bridgehead atoms. The smallest absolute Gasteiger partial charge is 0.256 e. The number of carbonyl (C=O) groups is 2. The Kier molecular flexibility index (Phi) is 4.21. The van der Waals surface area contributed by atoms with E-state index in [2.05, 4.69) is 5.32 Å². The Morgan fingerprint density at radius 2 is 1.74 bits per heavy atom. The predicted octanol–water partition coefficient (Wildman–Crippen LogP) is 3.09. The summed E-state index contributed by atoms with van der Waals surface area (Å²) in [5, 5.41) is 3.65. The first-order valence-electron chi connectivity index (χ1n) is 7.11. The summed E-state index contributed by atoms with van der Waals surface area (Å²) < 4.78 is 5.09. The van der Waals surface area contributed by atoms with Gasteiger partial charge in [0, 0.05) is 10.7 Å². The monoisotopic (exact) mass is 330 g/mol. The molecule has 3 rings (SSSR count). The lowest BCUT2D eigenvalue weighted by atomic mass is 10.2. The van der Waals surface area contributed by atoms with Crippen molar-refractivity contribution >= 4 is 34.8 Å². The second-order valence-corrected chi connectivity index (χ2v) is 5.61. The maximum Gasteiger partial charge on any atom is 0.256 e. The number of methoxy groups -OCH3 is 1. The third-order valence-corrected chi connectivity index (χ3v) is 3.91. The van der Waals surface area contributed by atoms with Crippen LogP contribution in [0.3, 0.4) is 0 Å². The highest BCUT2D eigenvalue weighted by Crippen LogP contribution is 2.26. The summed E-state index contributed by atoms with van der Waals surface area (Å²) >= 11 is 5.84. The Labute approximate surface area is 138 Å². The molecule has 1 aliphatic rings. The van der Waals surface area contributed by atoms with Gasteiger partial charge < -0.3 is 10.1 Å². The molecule has 2 aromatic rings. The number of anilines is 2. The zero-order valence-corrected chi connectivity index (χ0v) is 13.2. The van der Waals surface area contributed by atoms with E-state index < -0.39 is 6.04 Å². The minimum absolute atomic E-state index is 0.119. The molecule has 5 nitrogen and oxygen atoms in total. The van der Waals surface area contributed by atoms with Crippen molar-refractivity contribution in [3.8, 4) is 5.75 Å². The van der Waals surface area contributed by atoms with Crippen LogP contribution in [0.5, 0.6) is 5.75 Å². The van der Waals surface area contributed by atoms with Gasteiger partial charge in [-0.1, -0.05) is 11.6 Å². The number of hydrogen-bond donors (Lipinski definition) is 1. The van der Waals surface area contributed by atoms with Crippen molar-refractivity contribution in [2.45, 2.75) is 12.5 Å². The highest BCUT2D eigenvalue weighted by atomic mass is 35.5. The fourth-order valence-corrected chi connectivity index (χ4v) is 2.62. The Morgan fingerprint density at radius 1 is 1.09 bits per heavy atom. The summed E-state index contributed by atoms with van der Waals surface area (Å²) in [5.41, 5.74) is 1.29. The number of ether oxygens (including phenoxy) is 1. The quantitative estimate of drug-likeness (QED) is 0.875. The van der Waals surface area contributed by atoms with Crippen molar-refractivity contribution in [2.24, 2.45) is 0 Å². The van der Waals surface area contributed by atoms with Crippen LogP contribution in [0, 0.1) is 0 Å². The van der Waals surface area contributed by atoms with Gasteiger partial charge in [-0.25, -0.2) is 4.90 Å². The Morgan fingerprint density at radius 3 is 2.35 bits per heavy atom. The van der Waals surface area contributed by atoms with Gasteiger partial charge in [-0.3, -0.25) is 9.59 Å². The predicted molar refractivity (Wildman–Crippen MR) is 89.0 cm³/mol. The van der Waals surface area contributed by atoms with Crippen molar-refractivity contribution in [2.75, 3.05) is 17.3 Å². The first-order chi connectivity index (χ1) is 11.1. The van der Waals surface area contributed by atoms with E-state index in [0.29, 0.717) is 10.7 Å². The van der Waals surface area contributed by atoms with Crippen LogP contribution in [-0.4, -0.2) is 25.0 Å². The number of amides is 2. The van der Waals surface area contributed by atoms with Crippen molar-refractivity contribution in [1.82, 2.24) is 0 Å². The second-order valence-electron chi connectivity index (χ2n) is 5.17. The third kappa shape index (κ3) is 3.14. The number of carbonyl (C=O) groups excluding carboxylic acids is 2. The average Bonchev–Trinajstić information content (AvgIpc) is 2.83. The first-order valence-corrected chi connectivity index (χ1v) is 7.49. The van der Waals surface area contributed by atoms with Gasteiger partial charge in [-0.2, -0.15) is 0 Å².